The zero-order valence-electron chi connectivity index (χ0n) is 17.7. The van der Waals surface area contributed by atoms with Gasteiger partial charge in [0.1, 0.15) is 15.6 Å². The molecule has 0 aliphatic carbocycles. The van der Waals surface area contributed by atoms with Crippen LogP contribution in [0.3, 0.4) is 0 Å². The SMILES string of the molecule is COc1ccc(-c2cc(=O)n(CCNC(=O)c3sc(-c4ccccc4)nc3C)cn2)cc1. The Morgan fingerprint density at radius 1 is 1.09 bits per heavy atom. The van der Waals surface area contributed by atoms with Crippen LogP contribution in [0.25, 0.3) is 21.8 Å². The van der Waals surface area contributed by atoms with Gasteiger partial charge in [0.15, 0.2) is 0 Å². The first-order valence-corrected chi connectivity index (χ1v) is 10.9. The lowest BCUT2D eigenvalue weighted by atomic mass is 10.1. The van der Waals surface area contributed by atoms with E-state index in [1.807, 2.05) is 61.5 Å². The summed E-state index contributed by atoms with van der Waals surface area (Å²) in [5.74, 6) is 0.544. The van der Waals surface area contributed by atoms with Crippen LogP contribution in [0.2, 0.25) is 0 Å². The van der Waals surface area contributed by atoms with E-state index in [-0.39, 0.29) is 11.5 Å². The first kappa shape index (κ1) is 21.5. The van der Waals surface area contributed by atoms with Crippen molar-refractivity contribution in [2.75, 3.05) is 13.7 Å². The Morgan fingerprint density at radius 2 is 1.84 bits per heavy atom. The molecule has 0 radical (unpaired) electrons. The molecule has 2 aromatic heterocycles. The summed E-state index contributed by atoms with van der Waals surface area (Å²) in [5.41, 5.74) is 2.91. The van der Waals surface area contributed by atoms with E-state index in [4.69, 9.17) is 4.74 Å². The molecule has 0 fully saturated rings. The van der Waals surface area contributed by atoms with Gasteiger partial charge in [0, 0.05) is 30.3 Å². The Balaban J connectivity index is 1.38. The highest BCUT2D eigenvalue weighted by molar-refractivity contribution is 7.17. The number of nitrogens with one attached hydrogen (secondary N) is 1. The molecule has 1 amide bonds. The van der Waals surface area contributed by atoms with E-state index >= 15 is 0 Å². The zero-order valence-corrected chi connectivity index (χ0v) is 18.6. The quantitative estimate of drug-likeness (QED) is 0.467. The van der Waals surface area contributed by atoms with Crippen molar-refractivity contribution in [3.05, 3.63) is 87.9 Å². The minimum absolute atomic E-state index is 0.180. The largest absolute Gasteiger partial charge is 0.497 e. The van der Waals surface area contributed by atoms with Crippen LogP contribution in [0, 0.1) is 6.92 Å². The lowest BCUT2D eigenvalue weighted by Gasteiger charge is -2.08. The van der Waals surface area contributed by atoms with Gasteiger partial charge in [-0.15, -0.1) is 11.3 Å². The standard InChI is InChI=1S/C24H22N4O3S/c1-16-22(32-24(27-16)18-6-4-3-5-7-18)23(30)25-12-13-28-15-26-20(14-21(28)29)17-8-10-19(31-2)11-9-17/h3-11,14-15H,12-13H2,1-2H3,(H,25,30). The van der Waals surface area contributed by atoms with Gasteiger partial charge >= 0.3 is 0 Å². The lowest BCUT2D eigenvalue weighted by molar-refractivity contribution is 0.0955. The van der Waals surface area contributed by atoms with Crippen LogP contribution < -0.4 is 15.6 Å². The second-order valence-electron chi connectivity index (χ2n) is 7.09. The van der Waals surface area contributed by atoms with Crippen LogP contribution in [-0.2, 0) is 6.54 Å². The van der Waals surface area contributed by atoms with E-state index in [0.29, 0.717) is 29.4 Å². The minimum atomic E-state index is -0.196. The average Bonchev–Trinajstić information content (AvgIpc) is 3.22. The van der Waals surface area contributed by atoms with Gasteiger partial charge in [-0.1, -0.05) is 30.3 Å². The van der Waals surface area contributed by atoms with Gasteiger partial charge < -0.3 is 10.1 Å². The maximum absolute atomic E-state index is 12.6. The van der Waals surface area contributed by atoms with Crippen molar-refractivity contribution < 1.29 is 9.53 Å². The Kier molecular flexibility index (Phi) is 6.42. The number of nitrogens with zero attached hydrogens (tertiary/aromatic N) is 3. The van der Waals surface area contributed by atoms with Crippen molar-refractivity contribution >= 4 is 17.2 Å². The van der Waals surface area contributed by atoms with E-state index in [9.17, 15) is 9.59 Å². The lowest BCUT2D eigenvalue weighted by Crippen LogP contribution is -2.30. The normalized spacial score (nSPS) is 10.7. The van der Waals surface area contributed by atoms with Crippen molar-refractivity contribution in [3.63, 3.8) is 0 Å². The maximum atomic E-state index is 12.6. The van der Waals surface area contributed by atoms with E-state index in [2.05, 4.69) is 15.3 Å². The first-order chi connectivity index (χ1) is 15.5. The van der Waals surface area contributed by atoms with Crippen molar-refractivity contribution in [2.45, 2.75) is 13.5 Å². The number of amides is 1. The highest BCUT2D eigenvalue weighted by Gasteiger charge is 2.16. The summed E-state index contributed by atoms with van der Waals surface area (Å²) in [7, 11) is 1.60. The van der Waals surface area contributed by atoms with Crippen molar-refractivity contribution in [3.8, 4) is 27.6 Å². The summed E-state index contributed by atoms with van der Waals surface area (Å²) in [6.07, 6.45) is 1.50. The Morgan fingerprint density at radius 3 is 2.53 bits per heavy atom. The van der Waals surface area contributed by atoms with E-state index < -0.39 is 0 Å². The number of aryl methyl sites for hydroxylation is 1. The third kappa shape index (κ3) is 4.76. The number of thiazole rings is 1. The van der Waals surface area contributed by atoms with Gasteiger partial charge in [-0.2, -0.15) is 0 Å². The molecule has 7 nitrogen and oxygen atoms in total. The van der Waals surface area contributed by atoms with Crippen LogP contribution in [0.1, 0.15) is 15.4 Å². The molecule has 4 rings (SSSR count). The van der Waals surface area contributed by atoms with Gasteiger partial charge in [-0.05, 0) is 31.2 Å². The molecule has 32 heavy (non-hydrogen) atoms. The zero-order chi connectivity index (χ0) is 22.5. The van der Waals surface area contributed by atoms with Gasteiger partial charge in [-0.3, -0.25) is 14.2 Å². The summed E-state index contributed by atoms with van der Waals surface area (Å²) in [4.78, 5) is 34.6. The molecule has 8 heteroatoms. The third-order valence-electron chi connectivity index (χ3n) is 4.93. The molecular weight excluding hydrogens is 424 g/mol. The van der Waals surface area contributed by atoms with E-state index in [1.165, 1.54) is 28.3 Å². The molecule has 0 unspecified atom stereocenters. The van der Waals surface area contributed by atoms with Crippen LogP contribution in [0.4, 0.5) is 0 Å². The first-order valence-electron chi connectivity index (χ1n) is 10.1. The molecule has 0 atom stereocenters. The van der Waals surface area contributed by atoms with E-state index in [0.717, 1.165) is 21.9 Å². The van der Waals surface area contributed by atoms with Crippen LogP contribution in [-0.4, -0.2) is 34.1 Å². The Labute approximate surface area is 189 Å². The molecule has 162 valence electrons. The summed E-state index contributed by atoms with van der Waals surface area (Å²) < 4.78 is 6.63. The van der Waals surface area contributed by atoms with Gasteiger partial charge in [-0.25, -0.2) is 9.97 Å². The van der Waals surface area contributed by atoms with Crippen LogP contribution in [0.5, 0.6) is 5.75 Å². The second-order valence-corrected chi connectivity index (χ2v) is 8.09. The molecule has 2 aromatic carbocycles. The predicted octanol–water partition coefficient (Wildman–Crippen LogP) is 3.78. The van der Waals surface area contributed by atoms with E-state index in [1.54, 1.807) is 7.11 Å². The molecule has 0 aliphatic heterocycles. The Hall–Kier alpha value is -3.78. The molecule has 2 heterocycles. The number of rotatable bonds is 7. The summed E-state index contributed by atoms with van der Waals surface area (Å²) in [6, 6.07) is 18.6. The number of hydrogen-bond donors (Lipinski definition) is 1. The number of aromatic nitrogens is 3. The Bertz CT molecular complexity index is 1280. The van der Waals surface area contributed by atoms with Gasteiger partial charge in [0.25, 0.3) is 11.5 Å². The predicted molar refractivity (Wildman–Crippen MR) is 125 cm³/mol. The van der Waals surface area contributed by atoms with Crippen LogP contribution in [0.15, 0.2) is 71.8 Å². The summed E-state index contributed by atoms with van der Waals surface area (Å²) in [6.45, 7) is 2.45. The fraction of sp³-hybridized carbons (Fsp3) is 0.167. The number of methoxy groups -OCH3 is 1. The number of ether oxygens (including phenoxy) is 1. The van der Waals surface area contributed by atoms with Crippen molar-refractivity contribution in [1.29, 1.82) is 0 Å². The average molecular weight is 447 g/mol. The number of hydrogen-bond acceptors (Lipinski definition) is 6. The molecular formula is C24H22N4O3S. The summed E-state index contributed by atoms with van der Waals surface area (Å²) in [5, 5.41) is 3.68. The van der Waals surface area contributed by atoms with Crippen LogP contribution >= 0.6 is 11.3 Å². The second kappa shape index (κ2) is 9.57. The topological polar surface area (TPSA) is 86.1 Å². The molecule has 0 saturated heterocycles. The molecule has 0 spiro atoms. The number of benzene rings is 2. The van der Waals surface area contributed by atoms with Gasteiger partial charge in [0.05, 0.1) is 24.8 Å². The molecule has 0 bridgehead atoms. The minimum Gasteiger partial charge on any atom is -0.497 e. The molecule has 0 saturated carbocycles. The maximum Gasteiger partial charge on any atom is 0.263 e. The molecule has 1 N–H and O–H groups in total. The van der Waals surface area contributed by atoms with Gasteiger partial charge in [0.2, 0.25) is 0 Å². The summed E-state index contributed by atoms with van der Waals surface area (Å²) >= 11 is 1.36. The van der Waals surface area contributed by atoms with Crippen molar-refractivity contribution in [2.24, 2.45) is 0 Å². The highest BCUT2D eigenvalue weighted by atomic mass is 32.1. The number of carbonyl (C=O) groups is 1. The molecule has 0 aliphatic rings. The third-order valence-corrected chi connectivity index (χ3v) is 6.13. The van der Waals surface area contributed by atoms with Crippen molar-refractivity contribution in [1.82, 2.24) is 19.9 Å². The fourth-order valence-electron chi connectivity index (χ4n) is 3.19. The number of carbonyl (C=O) groups excluding carboxylic acids is 1. The highest BCUT2D eigenvalue weighted by Crippen LogP contribution is 2.27. The fourth-order valence-corrected chi connectivity index (χ4v) is 4.18. The monoisotopic (exact) mass is 446 g/mol. The molecule has 4 aromatic rings. The smallest absolute Gasteiger partial charge is 0.263 e.